The Bertz CT molecular complexity index is 1380. The van der Waals surface area contributed by atoms with Crippen LogP contribution in [0, 0.1) is 0 Å². The average molecular weight is 523 g/mol. The Morgan fingerprint density at radius 1 is 1.03 bits per heavy atom. The lowest BCUT2D eigenvalue weighted by Gasteiger charge is -2.15. The molecule has 10 nitrogen and oxygen atoms in total. The van der Waals surface area contributed by atoms with Crippen molar-refractivity contribution in [3.63, 3.8) is 0 Å². The molecule has 0 bridgehead atoms. The fourth-order valence-electron chi connectivity index (χ4n) is 3.80. The van der Waals surface area contributed by atoms with Crippen LogP contribution in [0.15, 0.2) is 41.8 Å². The normalized spacial score (nSPS) is 10.7. The van der Waals surface area contributed by atoms with Crippen LogP contribution >= 0.6 is 11.3 Å². The first-order valence-corrected chi connectivity index (χ1v) is 12.6. The number of aromatic nitrogens is 2. The maximum absolute atomic E-state index is 12.2. The number of nitrogen functional groups attached to an aromatic ring is 1. The Labute approximate surface area is 219 Å². The SMILES string of the molecule is CCCCNC(=O)Nc1cccc(-c2csc3c(N)nc(Nc4cc(OC)c(OC)c(OC)c4)nc23)c1. The highest BCUT2D eigenvalue weighted by molar-refractivity contribution is 7.18. The van der Waals surface area contributed by atoms with E-state index in [4.69, 9.17) is 24.9 Å². The van der Waals surface area contributed by atoms with Gasteiger partial charge in [0.15, 0.2) is 11.5 Å². The van der Waals surface area contributed by atoms with Crippen LogP contribution in [-0.4, -0.2) is 43.9 Å². The van der Waals surface area contributed by atoms with E-state index in [0.717, 1.165) is 28.7 Å². The third-order valence-corrected chi connectivity index (χ3v) is 6.60. The van der Waals surface area contributed by atoms with E-state index in [0.29, 0.717) is 52.5 Å². The number of urea groups is 1. The zero-order chi connectivity index (χ0) is 26.4. The molecule has 0 aliphatic rings. The van der Waals surface area contributed by atoms with E-state index in [1.165, 1.54) is 11.3 Å². The number of hydrogen-bond donors (Lipinski definition) is 4. The molecule has 194 valence electrons. The van der Waals surface area contributed by atoms with Crippen LogP contribution in [0.5, 0.6) is 17.2 Å². The molecule has 0 aliphatic heterocycles. The molecule has 2 aromatic carbocycles. The van der Waals surface area contributed by atoms with Crippen molar-refractivity contribution in [1.82, 2.24) is 15.3 Å². The molecule has 0 radical (unpaired) electrons. The summed E-state index contributed by atoms with van der Waals surface area (Å²) in [5.74, 6) is 2.17. The van der Waals surface area contributed by atoms with Crippen molar-refractivity contribution >= 4 is 50.7 Å². The molecule has 0 fully saturated rings. The van der Waals surface area contributed by atoms with Gasteiger partial charge in [-0.25, -0.2) is 9.78 Å². The van der Waals surface area contributed by atoms with Crippen LogP contribution in [0.25, 0.3) is 21.3 Å². The molecule has 0 spiro atoms. The van der Waals surface area contributed by atoms with Gasteiger partial charge in [0.1, 0.15) is 5.82 Å². The van der Waals surface area contributed by atoms with E-state index in [9.17, 15) is 4.79 Å². The number of amides is 2. The number of rotatable bonds is 10. The molecule has 37 heavy (non-hydrogen) atoms. The number of carbonyl (C=O) groups is 1. The molecule has 0 saturated heterocycles. The van der Waals surface area contributed by atoms with Gasteiger partial charge in [0.2, 0.25) is 11.7 Å². The minimum absolute atomic E-state index is 0.232. The summed E-state index contributed by atoms with van der Waals surface area (Å²) in [6.45, 7) is 2.71. The lowest BCUT2D eigenvalue weighted by molar-refractivity contribution is 0.252. The van der Waals surface area contributed by atoms with Gasteiger partial charge < -0.3 is 35.9 Å². The average Bonchev–Trinajstić information content (AvgIpc) is 3.33. The largest absolute Gasteiger partial charge is 0.493 e. The summed E-state index contributed by atoms with van der Waals surface area (Å²) >= 11 is 1.47. The molecule has 0 atom stereocenters. The number of carbonyl (C=O) groups excluding carboxylic acids is 1. The number of ether oxygens (including phenoxy) is 3. The van der Waals surface area contributed by atoms with Crippen molar-refractivity contribution in [3.05, 3.63) is 41.8 Å². The van der Waals surface area contributed by atoms with E-state index in [1.807, 2.05) is 29.6 Å². The van der Waals surface area contributed by atoms with Crippen molar-refractivity contribution in [2.45, 2.75) is 19.8 Å². The predicted molar refractivity (Wildman–Crippen MR) is 149 cm³/mol. The van der Waals surface area contributed by atoms with Crippen molar-refractivity contribution in [2.24, 2.45) is 0 Å². The van der Waals surface area contributed by atoms with E-state index in [2.05, 4.69) is 27.9 Å². The van der Waals surface area contributed by atoms with Crippen molar-refractivity contribution in [2.75, 3.05) is 44.2 Å². The lowest BCUT2D eigenvalue weighted by atomic mass is 10.1. The highest BCUT2D eigenvalue weighted by Gasteiger charge is 2.17. The fraction of sp³-hybridized carbons (Fsp3) is 0.269. The first-order valence-electron chi connectivity index (χ1n) is 11.7. The summed E-state index contributed by atoms with van der Waals surface area (Å²) in [6.07, 6.45) is 1.95. The number of benzene rings is 2. The van der Waals surface area contributed by atoms with Gasteiger partial charge in [-0.15, -0.1) is 11.3 Å². The standard InChI is InChI=1S/C26H30N6O4S/c1-5-6-10-28-26(33)30-16-9-7-8-15(11-16)18-14-37-23-21(18)31-25(32-24(23)27)29-17-12-19(34-2)22(36-4)20(13-17)35-3/h7-9,11-14H,5-6,10H2,1-4H3,(H2,28,30,33)(H3,27,29,31,32). The topological polar surface area (TPSA) is 133 Å². The van der Waals surface area contributed by atoms with Gasteiger partial charge >= 0.3 is 6.03 Å². The molecular formula is C26H30N6O4S. The van der Waals surface area contributed by atoms with Crippen LogP contribution in [-0.2, 0) is 0 Å². The molecule has 4 aromatic rings. The molecule has 2 heterocycles. The third kappa shape index (κ3) is 5.78. The second-order valence-corrected chi connectivity index (χ2v) is 8.99. The Balaban J connectivity index is 1.64. The summed E-state index contributed by atoms with van der Waals surface area (Å²) in [7, 11) is 4.65. The van der Waals surface area contributed by atoms with Crippen LogP contribution in [0.1, 0.15) is 19.8 Å². The van der Waals surface area contributed by atoms with Crippen LogP contribution in [0.3, 0.4) is 0 Å². The number of anilines is 4. The summed E-state index contributed by atoms with van der Waals surface area (Å²) in [6, 6.07) is 10.9. The second-order valence-electron chi connectivity index (χ2n) is 8.11. The van der Waals surface area contributed by atoms with Crippen LogP contribution in [0.4, 0.5) is 27.9 Å². The maximum Gasteiger partial charge on any atom is 0.319 e. The van der Waals surface area contributed by atoms with E-state index < -0.39 is 0 Å². The number of unbranched alkanes of at least 4 members (excludes halogenated alkanes) is 1. The number of nitrogens with zero attached hydrogens (tertiary/aromatic N) is 2. The van der Waals surface area contributed by atoms with Gasteiger partial charge in [0, 0.05) is 41.0 Å². The van der Waals surface area contributed by atoms with Gasteiger partial charge in [-0.1, -0.05) is 25.5 Å². The minimum atomic E-state index is -0.232. The number of hydrogen-bond acceptors (Lipinski definition) is 9. The second kappa shape index (κ2) is 11.7. The van der Waals surface area contributed by atoms with Gasteiger partial charge in [0.25, 0.3) is 0 Å². The molecule has 2 aromatic heterocycles. The third-order valence-electron chi connectivity index (χ3n) is 5.61. The number of nitrogens with one attached hydrogen (secondary N) is 3. The Morgan fingerprint density at radius 2 is 1.78 bits per heavy atom. The summed E-state index contributed by atoms with van der Waals surface area (Å²) < 4.78 is 17.1. The summed E-state index contributed by atoms with van der Waals surface area (Å²) in [5.41, 5.74) is 10.1. The molecule has 5 N–H and O–H groups in total. The lowest BCUT2D eigenvalue weighted by Crippen LogP contribution is -2.29. The van der Waals surface area contributed by atoms with Crippen molar-refractivity contribution < 1.29 is 19.0 Å². The molecule has 2 amide bonds. The monoisotopic (exact) mass is 522 g/mol. The zero-order valence-corrected chi connectivity index (χ0v) is 22.0. The molecule has 0 unspecified atom stereocenters. The first kappa shape index (κ1) is 25.8. The fourth-order valence-corrected chi connectivity index (χ4v) is 4.72. The quantitative estimate of drug-likeness (QED) is 0.197. The van der Waals surface area contributed by atoms with Gasteiger partial charge in [-0.2, -0.15) is 4.98 Å². The maximum atomic E-state index is 12.2. The number of nitrogens with two attached hydrogens (primary N) is 1. The molecule has 11 heteroatoms. The highest BCUT2D eigenvalue weighted by Crippen LogP contribution is 2.41. The molecule has 0 aliphatic carbocycles. The summed E-state index contributed by atoms with van der Waals surface area (Å²) in [4.78, 5) is 21.4. The number of methoxy groups -OCH3 is 3. The Kier molecular flexibility index (Phi) is 8.14. The van der Waals surface area contributed by atoms with Crippen molar-refractivity contribution in [3.8, 4) is 28.4 Å². The van der Waals surface area contributed by atoms with Gasteiger partial charge in [-0.05, 0) is 24.1 Å². The molecule has 0 saturated carbocycles. The number of fused-ring (bicyclic) bond motifs is 1. The molecule has 4 rings (SSSR count). The van der Waals surface area contributed by atoms with Gasteiger partial charge in [-0.3, -0.25) is 0 Å². The Morgan fingerprint density at radius 3 is 2.46 bits per heavy atom. The molecular weight excluding hydrogens is 492 g/mol. The predicted octanol–water partition coefficient (Wildman–Crippen LogP) is 5.63. The van der Waals surface area contributed by atoms with E-state index in [-0.39, 0.29) is 6.03 Å². The number of thiophene rings is 1. The van der Waals surface area contributed by atoms with Gasteiger partial charge in [0.05, 0.1) is 31.5 Å². The minimum Gasteiger partial charge on any atom is -0.493 e. The summed E-state index contributed by atoms with van der Waals surface area (Å²) in [5, 5.41) is 10.9. The smallest absolute Gasteiger partial charge is 0.319 e. The van der Waals surface area contributed by atoms with E-state index >= 15 is 0 Å². The first-order chi connectivity index (χ1) is 18.0. The zero-order valence-electron chi connectivity index (χ0n) is 21.2. The van der Waals surface area contributed by atoms with Crippen LogP contribution in [0.2, 0.25) is 0 Å². The van der Waals surface area contributed by atoms with E-state index in [1.54, 1.807) is 33.5 Å². The Hall–Kier alpha value is -4.25. The highest BCUT2D eigenvalue weighted by atomic mass is 32.1. The van der Waals surface area contributed by atoms with Crippen molar-refractivity contribution in [1.29, 1.82) is 0 Å². The van der Waals surface area contributed by atoms with Crippen LogP contribution < -0.4 is 35.9 Å².